The lowest BCUT2D eigenvalue weighted by Crippen LogP contribution is -2.30. The van der Waals surface area contributed by atoms with Gasteiger partial charge < -0.3 is 10.6 Å². The highest BCUT2D eigenvalue weighted by molar-refractivity contribution is 6.30. The van der Waals surface area contributed by atoms with Crippen LogP contribution in [0.15, 0.2) is 36.5 Å². The average molecular weight is 308 g/mol. The number of carbonyl (C=O) groups excluding carboxylic acids is 1. The summed E-state index contributed by atoms with van der Waals surface area (Å²) in [5, 5.41) is 0.590. The lowest BCUT2D eigenvalue weighted by Gasteiger charge is -2.26. The van der Waals surface area contributed by atoms with Crippen LogP contribution in [0.3, 0.4) is 0 Å². The van der Waals surface area contributed by atoms with E-state index in [0.29, 0.717) is 5.02 Å². The molecule has 1 aromatic heterocycles. The maximum Gasteiger partial charge on any atom is 0.257 e. The molecule has 0 saturated carbocycles. The first-order valence-electron chi connectivity index (χ1n) is 6.34. The zero-order valence-electron chi connectivity index (χ0n) is 11.7. The van der Waals surface area contributed by atoms with Gasteiger partial charge in [0.1, 0.15) is 11.6 Å². The van der Waals surface area contributed by atoms with Crippen LogP contribution in [0.5, 0.6) is 0 Å². The largest absolute Gasteiger partial charge is 0.383 e. The summed E-state index contributed by atoms with van der Waals surface area (Å²) in [6.45, 7) is 1.85. The van der Waals surface area contributed by atoms with Crippen molar-refractivity contribution in [3.05, 3.63) is 58.5 Å². The van der Waals surface area contributed by atoms with Crippen LogP contribution >= 0.6 is 11.6 Å². The van der Waals surface area contributed by atoms with Gasteiger partial charge in [-0.3, -0.25) is 4.79 Å². The molecule has 0 aliphatic rings. The van der Waals surface area contributed by atoms with E-state index in [9.17, 15) is 9.18 Å². The number of halogens is 2. The SMILES string of the molecule is CC(c1cccc(Cl)c1)N(C)C(=O)c1cc(F)cnc1N. The number of amides is 1. The Morgan fingerprint density at radius 1 is 1.43 bits per heavy atom. The number of hydrogen-bond donors (Lipinski definition) is 1. The molecule has 2 N–H and O–H groups in total. The molecule has 110 valence electrons. The fraction of sp³-hybridized carbons (Fsp3) is 0.200. The van der Waals surface area contributed by atoms with E-state index in [1.54, 1.807) is 19.2 Å². The fourth-order valence-electron chi connectivity index (χ4n) is 1.98. The van der Waals surface area contributed by atoms with Crippen molar-refractivity contribution < 1.29 is 9.18 Å². The lowest BCUT2D eigenvalue weighted by atomic mass is 10.1. The van der Waals surface area contributed by atoms with Crippen molar-refractivity contribution in [1.82, 2.24) is 9.88 Å². The normalized spacial score (nSPS) is 12.0. The molecule has 1 atom stereocenters. The zero-order valence-corrected chi connectivity index (χ0v) is 12.4. The van der Waals surface area contributed by atoms with Gasteiger partial charge >= 0.3 is 0 Å². The molecule has 0 bridgehead atoms. The van der Waals surface area contributed by atoms with Gasteiger partial charge in [-0.15, -0.1) is 0 Å². The van der Waals surface area contributed by atoms with Crippen LogP contribution in [-0.4, -0.2) is 22.8 Å². The number of pyridine rings is 1. The number of carbonyl (C=O) groups is 1. The van der Waals surface area contributed by atoms with Gasteiger partial charge in [0.05, 0.1) is 17.8 Å². The van der Waals surface area contributed by atoms with Crippen LogP contribution in [0.2, 0.25) is 5.02 Å². The third-order valence-corrected chi connectivity index (χ3v) is 3.58. The number of nitrogen functional groups attached to an aromatic ring is 1. The molecule has 0 aliphatic heterocycles. The molecule has 1 amide bonds. The number of benzene rings is 1. The van der Waals surface area contributed by atoms with Crippen molar-refractivity contribution in [2.45, 2.75) is 13.0 Å². The summed E-state index contributed by atoms with van der Waals surface area (Å²) in [5.41, 5.74) is 6.57. The number of rotatable bonds is 3. The first kappa shape index (κ1) is 15.3. The Hall–Kier alpha value is -2.14. The van der Waals surface area contributed by atoms with Crippen molar-refractivity contribution >= 4 is 23.3 Å². The standard InChI is InChI=1S/C15H15ClFN3O/c1-9(10-4-3-5-11(16)6-10)20(2)15(21)13-7-12(17)8-19-14(13)18/h3-9H,1-2H3,(H2,18,19). The van der Waals surface area contributed by atoms with Crippen molar-refractivity contribution in [3.8, 4) is 0 Å². The van der Waals surface area contributed by atoms with Gasteiger partial charge in [0.2, 0.25) is 0 Å². The molecule has 1 aromatic carbocycles. The zero-order chi connectivity index (χ0) is 15.6. The highest BCUT2D eigenvalue weighted by Crippen LogP contribution is 2.24. The van der Waals surface area contributed by atoms with E-state index in [-0.39, 0.29) is 17.4 Å². The first-order valence-corrected chi connectivity index (χ1v) is 6.71. The highest BCUT2D eigenvalue weighted by Gasteiger charge is 2.22. The van der Waals surface area contributed by atoms with Crippen molar-refractivity contribution in [1.29, 1.82) is 0 Å². The van der Waals surface area contributed by atoms with Crippen LogP contribution in [0.1, 0.15) is 28.9 Å². The molecule has 0 fully saturated rings. The van der Waals surface area contributed by atoms with Crippen LogP contribution in [-0.2, 0) is 0 Å². The average Bonchev–Trinajstić information content (AvgIpc) is 2.47. The summed E-state index contributed by atoms with van der Waals surface area (Å²) in [5.74, 6) is -0.991. The predicted octanol–water partition coefficient (Wildman–Crippen LogP) is 3.29. The summed E-state index contributed by atoms with van der Waals surface area (Å²) in [4.78, 5) is 17.6. The van der Waals surface area contributed by atoms with Gasteiger partial charge in [0.25, 0.3) is 5.91 Å². The second-order valence-electron chi connectivity index (χ2n) is 4.73. The van der Waals surface area contributed by atoms with Crippen molar-refractivity contribution in [3.63, 3.8) is 0 Å². The maximum atomic E-state index is 13.2. The Morgan fingerprint density at radius 3 is 2.81 bits per heavy atom. The fourth-order valence-corrected chi connectivity index (χ4v) is 2.18. The molecule has 0 saturated heterocycles. The Bertz CT molecular complexity index is 678. The van der Waals surface area contributed by atoms with Gasteiger partial charge in [-0.1, -0.05) is 23.7 Å². The van der Waals surface area contributed by atoms with E-state index in [1.165, 1.54) is 4.90 Å². The number of hydrogen-bond acceptors (Lipinski definition) is 3. The van der Waals surface area contributed by atoms with Crippen LogP contribution in [0.4, 0.5) is 10.2 Å². The van der Waals surface area contributed by atoms with Gasteiger partial charge in [-0.25, -0.2) is 9.37 Å². The lowest BCUT2D eigenvalue weighted by molar-refractivity contribution is 0.0743. The Balaban J connectivity index is 2.28. The van der Waals surface area contributed by atoms with E-state index in [2.05, 4.69) is 4.98 Å². The first-order chi connectivity index (χ1) is 9.90. The molecule has 0 spiro atoms. The topological polar surface area (TPSA) is 59.2 Å². The molecule has 2 rings (SSSR count). The second kappa shape index (κ2) is 6.10. The Labute approximate surface area is 127 Å². The second-order valence-corrected chi connectivity index (χ2v) is 5.17. The van der Waals surface area contributed by atoms with Gasteiger partial charge in [-0.2, -0.15) is 0 Å². The number of anilines is 1. The molecule has 6 heteroatoms. The summed E-state index contributed by atoms with van der Waals surface area (Å²) < 4.78 is 13.2. The van der Waals surface area contributed by atoms with Crippen molar-refractivity contribution in [2.75, 3.05) is 12.8 Å². The third kappa shape index (κ3) is 3.31. The van der Waals surface area contributed by atoms with E-state index in [4.69, 9.17) is 17.3 Å². The number of nitrogens with two attached hydrogens (primary N) is 1. The van der Waals surface area contributed by atoms with E-state index < -0.39 is 11.7 Å². The van der Waals surface area contributed by atoms with Gasteiger partial charge in [-0.05, 0) is 30.7 Å². The molecule has 0 radical (unpaired) electrons. The Morgan fingerprint density at radius 2 is 2.14 bits per heavy atom. The molecule has 0 aliphatic carbocycles. The molecular formula is C15H15ClFN3O. The molecular weight excluding hydrogens is 293 g/mol. The molecule has 1 unspecified atom stereocenters. The maximum absolute atomic E-state index is 13.2. The summed E-state index contributed by atoms with van der Waals surface area (Å²) in [6, 6.07) is 8.07. The number of nitrogens with zero attached hydrogens (tertiary/aromatic N) is 2. The summed E-state index contributed by atoms with van der Waals surface area (Å²) in [7, 11) is 1.62. The quantitative estimate of drug-likeness (QED) is 0.946. The smallest absolute Gasteiger partial charge is 0.257 e. The van der Waals surface area contributed by atoms with Gasteiger partial charge in [0, 0.05) is 12.1 Å². The van der Waals surface area contributed by atoms with E-state index in [0.717, 1.165) is 17.8 Å². The minimum atomic E-state index is -0.601. The van der Waals surface area contributed by atoms with Crippen LogP contribution < -0.4 is 5.73 Å². The number of aromatic nitrogens is 1. The van der Waals surface area contributed by atoms with E-state index in [1.807, 2.05) is 19.1 Å². The predicted molar refractivity (Wildman–Crippen MR) is 80.6 cm³/mol. The molecule has 4 nitrogen and oxygen atoms in total. The monoisotopic (exact) mass is 307 g/mol. The van der Waals surface area contributed by atoms with Crippen molar-refractivity contribution in [2.24, 2.45) is 0 Å². The molecule has 21 heavy (non-hydrogen) atoms. The summed E-state index contributed by atoms with van der Waals surface area (Å²) in [6.07, 6.45) is 0.979. The molecule has 1 heterocycles. The Kier molecular flexibility index (Phi) is 4.43. The minimum absolute atomic E-state index is 0.00606. The summed E-state index contributed by atoms with van der Waals surface area (Å²) >= 11 is 5.95. The molecule has 2 aromatic rings. The van der Waals surface area contributed by atoms with Crippen LogP contribution in [0.25, 0.3) is 0 Å². The highest BCUT2D eigenvalue weighted by atomic mass is 35.5. The van der Waals surface area contributed by atoms with E-state index >= 15 is 0 Å². The minimum Gasteiger partial charge on any atom is -0.383 e. The van der Waals surface area contributed by atoms with Gasteiger partial charge in [0.15, 0.2) is 0 Å². The van der Waals surface area contributed by atoms with Crippen LogP contribution in [0, 0.1) is 5.82 Å². The third-order valence-electron chi connectivity index (χ3n) is 3.35.